The molecule has 1 N–H and O–H groups in total. The Labute approximate surface area is 103 Å². The van der Waals surface area contributed by atoms with Crippen molar-refractivity contribution < 1.29 is 18.3 Å². The first-order valence-corrected chi connectivity index (χ1v) is 5.82. The number of aliphatic hydroxyl groups excluding tert-OH is 1. The van der Waals surface area contributed by atoms with Crippen molar-refractivity contribution in [2.75, 3.05) is 13.1 Å². The molecule has 18 heavy (non-hydrogen) atoms. The predicted octanol–water partition coefficient (Wildman–Crippen LogP) is 1.84. The summed E-state index contributed by atoms with van der Waals surface area (Å²) < 4.78 is 37.5. The van der Waals surface area contributed by atoms with E-state index in [9.17, 15) is 18.3 Å². The van der Waals surface area contributed by atoms with Crippen molar-refractivity contribution in [3.8, 4) is 0 Å². The Hall–Kier alpha value is -1.14. The van der Waals surface area contributed by atoms with Crippen LogP contribution in [0.3, 0.4) is 0 Å². The maximum Gasteiger partial charge on any atom is 0.433 e. The van der Waals surface area contributed by atoms with Gasteiger partial charge in [-0.05, 0) is 18.6 Å². The Kier molecular flexibility index (Phi) is 3.59. The second-order valence-electron chi connectivity index (χ2n) is 4.63. The van der Waals surface area contributed by atoms with Crippen LogP contribution in [-0.2, 0) is 19.1 Å². The Bertz CT molecular complexity index is 432. The molecule has 0 radical (unpaired) electrons. The number of halogens is 3. The number of alkyl halides is 3. The zero-order chi connectivity index (χ0) is 13.3. The van der Waals surface area contributed by atoms with Gasteiger partial charge >= 0.3 is 6.18 Å². The van der Waals surface area contributed by atoms with Crippen LogP contribution >= 0.6 is 0 Å². The molecule has 0 bridgehead atoms. The first kappa shape index (κ1) is 13.3. The number of β-amino-alcohol motifs (C(OH)–C–C–N with tert-alkyl or cyclic N) is 1. The summed E-state index contributed by atoms with van der Waals surface area (Å²) in [6.45, 7) is 3.40. The minimum absolute atomic E-state index is 0.436. The molecule has 0 saturated carbocycles. The van der Waals surface area contributed by atoms with Crippen molar-refractivity contribution in [3.63, 3.8) is 0 Å². The maximum atomic E-state index is 12.5. The number of aromatic nitrogens is 1. The van der Waals surface area contributed by atoms with Crippen LogP contribution in [0.25, 0.3) is 0 Å². The van der Waals surface area contributed by atoms with E-state index < -0.39 is 18.0 Å². The maximum absolute atomic E-state index is 12.5. The standard InChI is InChI=1S/C12H15F3N2O/c1-8(18)6-17-5-4-10-9(7-17)2-3-11(16-10)12(13,14)15/h2-3,8,18H,4-7H2,1H3. The van der Waals surface area contributed by atoms with E-state index in [4.69, 9.17) is 0 Å². The highest BCUT2D eigenvalue weighted by molar-refractivity contribution is 5.26. The van der Waals surface area contributed by atoms with Gasteiger partial charge in [0.25, 0.3) is 0 Å². The third-order valence-corrected chi connectivity index (χ3v) is 2.94. The monoisotopic (exact) mass is 260 g/mol. The van der Waals surface area contributed by atoms with Crippen molar-refractivity contribution in [2.45, 2.75) is 32.2 Å². The minimum Gasteiger partial charge on any atom is -0.392 e. The van der Waals surface area contributed by atoms with Gasteiger partial charge in [-0.2, -0.15) is 13.2 Å². The molecule has 2 rings (SSSR count). The molecule has 3 nitrogen and oxygen atoms in total. The van der Waals surface area contributed by atoms with E-state index in [2.05, 4.69) is 4.98 Å². The average molecular weight is 260 g/mol. The SMILES string of the molecule is CC(O)CN1CCc2nc(C(F)(F)F)ccc2C1. The van der Waals surface area contributed by atoms with Gasteiger partial charge in [0.05, 0.1) is 6.10 Å². The molecule has 1 aliphatic heterocycles. The molecule has 2 heterocycles. The fraction of sp³-hybridized carbons (Fsp3) is 0.583. The fourth-order valence-electron chi connectivity index (χ4n) is 2.16. The molecule has 6 heteroatoms. The zero-order valence-corrected chi connectivity index (χ0v) is 10.0. The van der Waals surface area contributed by atoms with E-state index in [1.165, 1.54) is 6.07 Å². The summed E-state index contributed by atoms with van der Waals surface area (Å²) in [5, 5.41) is 9.30. The molecule has 0 saturated heterocycles. The normalized spacial score (nSPS) is 18.5. The number of pyridine rings is 1. The van der Waals surface area contributed by atoms with Gasteiger partial charge in [0, 0.05) is 31.7 Å². The van der Waals surface area contributed by atoms with E-state index in [-0.39, 0.29) is 0 Å². The highest BCUT2D eigenvalue weighted by atomic mass is 19.4. The van der Waals surface area contributed by atoms with Crippen molar-refractivity contribution in [2.24, 2.45) is 0 Å². The van der Waals surface area contributed by atoms with Crippen molar-refractivity contribution in [3.05, 3.63) is 29.1 Å². The molecule has 0 fully saturated rings. The summed E-state index contributed by atoms with van der Waals surface area (Å²) in [6.07, 6.45) is -4.33. The molecule has 100 valence electrons. The second-order valence-corrected chi connectivity index (χ2v) is 4.63. The van der Waals surface area contributed by atoms with Crippen molar-refractivity contribution in [1.82, 2.24) is 9.88 Å². The van der Waals surface area contributed by atoms with Crippen LogP contribution in [-0.4, -0.2) is 34.2 Å². The van der Waals surface area contributed by atoms with Gasteiger partial charge in [0.15, 0.2) is 0 Å². The van der Waals surface area contributed by atoms with E-state index >= 15 is 0 Å². The van der Waals surface area contributed by atoms with E-state index in [0.717, 1.165) is 11.6 Å². The van der Waals surface area contributed by atoms with Crippen LogP contribution < -0.4 is 0 Å². The van der Waals surface area contributed by atoms with Crippen LogP contribution in [0.5, 0.6) is 0 Å². The molecule has 1 atom stereocenters. The van der Waals surface area contributed by atoms with Gasteiger partial charge in [0.2, 0.25) is 0 Å². The molecule has 1 unspecified atom stereocenters. The number of nitrogens with zero attached hydrogens (tertiary/aromatic N) is 2. The summed E-state index contributed by atoms with van der Waals surface area (Å²) in [4.78, 5) is 5.70. The summed E-state index contributed by atoms with van der Waals surface area (Å²) in [7, 11) is 0. The number of hydrogen-bond donors (Lipinski definition) is 1. The van der Waals surface area contributed by atoms with Gasteiger partial charge in [0.1, 0.15) is 5.69 Å². The first-order chi connectivity index (χ1) is 8.36. The lowest BCUT2D eigenvalue weighted by Gasteiger charge is -2.29. The topological polar surface area (TPSA) is 36.4 Å². The lowest BCUT2D eigenvalue weighted by molar-refractivity contribution is -0.141. The Morgan fingerprint density at radius 3 is 2.78 bits per heavy atom. The van der Waals surface area contributed by atoms with Gasteiger partial charge < -0.3 is 5.11 Å². The molecule has 1 aliphatic rings. The molecule has 0 aliphatic carbocycles. The molecule has 0 amide bonds. The highest BCUT2D eigenvalue weighted by Crippen LogP contribution is 2.29. The predicted molar refractivity (Wildman–Crippen MR) is 59.9 cm³/mol. The van der Waals surface area contributed by atoms with Crippen LogP contribution in [0.2, 0.25) is 0 Å². The first-order valence-electron chi connectivity index (χ1n) is 5.82. The van der Waals surface area contributed by atoms with E-state index in [1.807, 2.05) is 4.90 Å². The minimum atomic E-state index is -4.38. The van der Waals surface area contributed by atoms with Crippen LogP contribution in [0, 0.1) is 0 Å². The van der Waals surface area contributed by atoms with Crippen LogP contribution in [0.1, 0.15) is 23.9 Å². The summed E-state index contributed by atoms with van der Waals surface area (Å²) in [5.74, 6) is 0. The number of hydrogen-bond acceptors (Lipinski definition) is 3. The Morgan fingerprint density at radius 2 is 2.17 bits per heavy atom. The smallest absolute Gasteiger partial charge is 0.392 e. The molecule has 1 aromatic rings. The van der Waals surface area contributed by atoms with Crippen LogP contribution in [0.4, 0.5) is 13.2 Å². The van der Waals surface area contributed by atoms with Gasteiger partial charge in [-0.25, -0.2) is 4.98 Å². The molecule has 0 aromatic carbocycles. The second kappa shape index (κ2) is 4.85. The molecule has 0 spiro atoms. The molecule has 1 aromatic heterocycles. The summed E-state index contributed by atoms with van der Waals surface area (Å²) >= 11 is 0. The fourth-order valence-corrected chi connectivity index (χ4v) is 2.16. The lowest BCUT2D eigenvalue weighted by Crippen LogP contribution is -2.36. The largest absolute Gasteiger partial charge is 0.433 e. The average Bonchev–Trinajstić information content (AvgIpc) is 2.26. The highest BCUT2D eigenvalue weighted by Gasteiger charge is 2.33. The molecular weight excluding hydrogens is 245 g/mol. The van der Waals surface area contributed by atoms with E-state index in [0.29, 0.717) is 31.7 Å². The van der Waals surface area contributed by atoms with Gasteiger partial charge in [-0.3, -0.25) is 4.90 Å². The molecular formula is C12H15F3N2O. The quantitative estimate of drug-likeness (QED) is 0.881. The van der Waals surface area contributed by atoms with Gasteiger partial charge in [-0.15, -0.1) is 0 Å². The third-order valence-electron chi connectivity index (χ3n) is 2.94. The summed E-state index contributed by atoms with van der Waals surface area (Å²) in [6, 6.07) is 2.50. The Balaban J connectivity index is 2.16. The Morgan fingerprint density at radius 1 is 1.44 bits per heavy atom. The third kappa shape index (κ3) is 3.00. The van der Waals surface area contributed by atoms with Gasteiger partial charge in [-0.1, -0.05) is 6.07 Å². The number of rotatable bonds is 2. The van der Waals surface area contributed by atoms with Crippen LogP contribution in [0.15, 0.2) is 12.1 Å². The summed E-state index contributed by atoms with van der Waals surface area (Å²) in [5.41, 5.74) is 0.506. The number of aliphatic hydroxyl groups is 1. The van der Waals surface area contributed by atoms with Crippen molar-refractivity contribution >= 4 is 0 Å². The number of fused-ring (bicyclic) bond motifs is 1. The van der Waals surface area contributed by atoms with E-state index in [1.54, 1.807) is 6.92 Å². The zero-order valence-electron chi connectivity index (χ0n) is 10.0. The van der Waals surface area contributed by atoms with Crippen molar-refractivity contribution in [1.29, 1.82) is 0 Å². The lowest BCUT2D eigenvalue weighted by atomic mass is 10.0.